The second-order valence-electron chi connectivity index (χ2n) is 3.07. The van der Waals surface area contributed by atoms with Gasteiger partial charge >= 0.3 is 0 Å². The average Bonchev–Trinajstić information content (AvgIpc) is 2.14. The van der Waals surface area contributed by atoms with Crippen LogP contribution in [0.4, 0.5) is 0 Å². The van der Waals surface area contributed by atoms with Gasteiger partial charge in [-0.25, -0.2) is 0 Å². The topological polar surface area (TPSA) is 3.24 Å². The Morgan fingerprint density at radius 3 is 2.38 bits per heavy atom. The quantitative estimate of drug-likeness (QED) is 0.420. The highest BCUT2D eigenvalue weighted by Crippen LogP contribution is 2.25. The molecule has 0 amide bonds. The van der Waals surface area contributed by atoms with E-state index in [0.717, 1.165) is 11.6 Å². The SMILES string of the molecule is CN(C)CSSCc1ccccc1. The molecule has 13 heavy (non-hydrogen) atoms. The Bertz CT molecular complexity index is 224. The van der Waals surface area contributed by atoms with E-state index in [9.17, 15) is 0 Å². The van der Waals surface area contributed by atoms with Gasteiger partial charge in [-0.05, 0) is 19.7 Å². The molecule has 0 aromatic heterocycles. The third kappa shape index (κ3) is 5.24. The van der Waals surface area contributed by atoms with E-state index >= 15 is 0 Å². The molecule has 0 heterocycles. The maximum Gasteiger partial charge on any atom is 0.0543 e. The Hall–Kier alpha value is -0.120. The fourth-order valence-electron chi connectivity index (χ4n) is 0.827. The molecule has 0 bridgehead atoms. The van der Waals surface area contributed by atoms with Crippen molar-refractivity contribution in [1.29, 1.82) is 0 Å². The summed E-state index contributed by atoms with van der Waals surface area (Å²) < 4.78 is 0. The maximum atomic E-state index is 2.18. The van der Waals surface area contributed by atoms with Crippen molar-refractivity contribution in [3.8, 4) is 0 Å². The molecule has 0 spiro atoms. The zero-order valence-electron chi connectivity index (χ0n) is 8.06. The van der Waals surface area contributed by atoms with Crippen LogP contribution in [0.2, 0.25) is 0 Å². The van der Waals surface area contributed by atoms with Crippen LogP contribution >= 0.6 is 21.6 Å². The van der Waals surface area contributed by atoms with E-state index < -0.39 is 0 Å². The lowest BCUT2D eigenvalue weighted by molar-refractivity contribution is 0.487. The molecule has 0 radical (unpaired) electrons. The summed E-state index contributed by atoms with van der Waals surface area (Å²) in [5.74, 6) is 2.18. The molecule has 1 aromatic rings. The number of hydrogen-bond acceptors (Lipinski definition) is 3. The minimum atomic E-state index is 1.08. The molecule has 1 rings (SSSR count). The third-order valence-corrected chi connectivity index (χ3v) is 3.87. The Morgan fingerprint density at radius 1 is 1.08 bits per heavy atom. The molecular weight excluding hydrogens is 198 g/mol. The maximum absolute atomic E-state index is 2.18. The molecule has 0 unspecified atom stereocenters. The van der Waals surface area contributed by atoms with E-state index in [1.54, 1.807) is 0 Å². The fraction of sp³-hybridized carbons (Fsp3) is 0.400. The van der Waals surface area contributed by atoms with Crippen molar-refractivity contribution in [2.24, 2.45) is 0 Å². The molecule has 0 atom stereocenters. The van der Waals surface area contributed by atoms with Gasteiger partial charge in [0.2, 0.25) is 0 Å². The van der Waals surface area contributed by atoms with Crippen LogP contribution < -0.4 is 0 Å². The van der Waals surface area contributed by atoms with Crippen molar-refractivity contribution in [2.45, 2.75) is 5.75 Å². The number of hydrogen-bond donors (Lipinski definition) is 0. The Morgan fingerprint density at radius 2 is 1.77 bits per heavy atom. The van der Waals surface area contributed by atoms with Crippen molar-refractivity contribution in [2.75, 3.05) is 20.0 Å². The number of rotatable bonds is 5. The predicted molar refractivity (Wildman–Crippen MR) is 63.9 cm³/mol. The molecule has 72 valence electrons. The van der Waals surface area contributed by atoms with E-state index in [1.165, 1.54) is 5.56 Å². The Balaban J connectivity index is 2.13. The van der Waals surface area contributed by atoms with Gasteiger partial charge in [-0.2, -0.15) is 0 Å². The summed E-state index contributed by atoms with van der Waals surface area (Å²) in [5, 5.41) is 0. The first-order chi connectivity index (χ1) is 6.29. The molecule has 3 heteroatoms. The largest absolute Gasteiger partial charge is 0.299 e. The van der Waals surface area contributed by atoms with E-state index in [2.05, 4.69) is 49.3 Å². The van der Waals surface area contributed by atoms with Crippen LogP contribution in [-0.2, 0) is 5.75 Å². The summed E-state index contributed by atoms with van der Waals surface area (Å²) in [6.07, 6.45) is 0. The highest BCUT2D eigenvalue weighted by Gasteiger charge is 1.93. The molecular formula is C10H15NS2. The zero-order chi connectivity index (χ0) is 9.52. The second kappa shape index (κ2) is 6.35. The smallest absolute Gasteiger partial charge is 0.0543 e. The molecule has 1 nitrogen and oxygen atoms in total. The molecule has 0 fully saturated rings. The standard InChI is InChI=1S/C10H15NS2/c1-11(2)9-13-12-8-10-6-4-3-5-7-10/h3-7H,8-9H2,1-2H3. The van der Waals surface area contributed by atoms with Crippen LogP contribution in [0.25, 0.3) is 0 Å². The summed E-state index contributed by atoms with van der Waals surface area (Å²) >= 11 is 0. The van der Waals surface area contributed by atoms with Crippen LogP contribution in [0, 0.1) is 0 Å². The number of benzene rings is 1. The Kier molecular flexibility index (Phi) is 5.35. The van der Waals surface area contributed by atoms with Crippen LogP contribution in [0.1, 0.15) is 5.56 Å². The molecule has 0 saturated carbocycles. The van der Waals surface area contributed by atoms with Gasteiger partial charge in [-0.1, -0.05) is 51.9 Å². The highest BCUT2D eigenvalue weighted by atomic mass is 33.1. The van der Waals surface area contributed by atoms with Crippen molar-refractivity contribution in [1.82, 2.24) is 4.90 Å². The van der Waals surface area contributed by atoms with Crippen molar-refractivity contribution in [3.63, 3.8) is 0 Å². The van der Waals surface area contributed by atoms with Gasteiger partial charge < -0.3 is 0 Å². The van der Waals surface area contributed by atoms with Crippen LogP contribution in [0.5, 0.6) is 0 Å². The van der Waals surface area contributed by atoms with Crippen molar-refractivity contribution >= 4 is 21.6 Å². The molecule has 0 aliphatic carbocycles. The molecule has 0 N–H and O–H groups in total. The van der Waals surface area contributed by atoms with Gasteiger partial charge in [0.05, 0.1) is 5.88 Å². The normalized spacial score (nSPS) is 10.7. The van der Waals surface area contributed by atoms with E-state index in [0.29, 0.717) is 0 Å². The van der Waals surface area contributed by atoms with Crippen LogP contribution in [0.3, 0.4) is 0 Å². The summed E-state index contributed by atoms with van der Waals surface area (Å²) in [6.45, 7) is 0. The number of nitrogens with zero attached hydrogens (tertiary/aromatic N) is 1. The lowest BCUT2D eigenvalue weighted by atomic mass is 10.2. The summed E-state index contributed by atoms with van der Waals surface area (Å²) in [6, 6.07) is 10.6. The molecule has 0 saturated heterocycles. The van der Waals surface area contributed by atoms with Gasteiger partial charge in [0.25, 0.3) is 0 Å². The minimum Gasteiger partial charge on any atom is -0.299 e. The third-order valence-electron chi connectivity index (χ3n) is 1.46. The van der Waals surface area contributed by atoms with E-state index in [4.69, 9.17) is 0 Å². The van der Waals surface area contributed by atoms with Gasteiger partial charge in [0.15, 0.2) is 0 Å². The summed E-state index contributed by atoms with van der Waals surface area (Å²) in [5.41, 5.74) is 1.40. The zero-order valence-corrected chi connectivity index (χ0v) is 9.70. The second-order valence-corrected chi connectivity index (χ2v) is 5.51. The summed E-state index contributed by atoms with van der Waals surface area (Å²) in [4.78, 5) is 2.18. The molecule has 1 aromatic carbocycles. The Labute approximate surface area is 88.3 Å². The van der Waals surface area contributed by atoms with Gasteiger partial charge in [-0.3, -0.25) is 4.90 Å². The molecule has 0 aliphatic rings. The van der Waals surface area contributed by atoms with E-state index in [-0.39, 0.29) is 0 Å². The fourth-order valence-corrected chi connectivity index (χ4v) is 3.04. The molecule has 0 aliphatic heterocycles. The summed E-state index contributed by atoms with van der Waals surface area (Å²) in [7, 11) is 8.00. The first-order valence-electron chi connectivity index (χ1n) is 4.22. The van der Waals surface area contributed by atoms with Gasteiger partial charge in [-0.15, -0.1) is 0 Å². The monoisotopic (exact) mass is 213 g/mol. The van der Waals surface area contributed by atoms with Crippen LogP contribution in [-0.4, -0.2) is 24.9 Å². The van der Waals surface area contributed by atoms with Crippen molar-refractivity contribution < 1.29 is 0 Å². The van der Waals surface area contributed by atoms with Gasteiger partial charge in [0, 0.05) is 5.75 Å². The average molecular weight is 213 g/mol. The minimum absolute atomic E-state index is 1.08. The van der Waals surface area contributed by atoms with Gasteiger partial charge in [0.1, 0.15) is 0 Å². The van der Waals surface area contributed by atoms with Crippen LogP contribution in [0.15, 0.2) is 30.3 Å². The predicted octanol–water partition coefficient (Wildman–Crippen LogP) is 3.09. The first-order valence-corrected chi connectivity index (χ1v) is 6.71. The van der Waals surface area contributed by atoms with Crippen molar-refractivity contribution in [3.05, 3.63) is 35.9 Å². The first kappa shape index (κ1) is 11.0. The lowest BCUT2D eigenvalue weighted by Gasteiger charge is -2.07. The van der Waals surface area contributed by atoms with E-state index in [1.807, 2.05) is 21.6 Å². The highest BCUT2D eigenvalue weighted by molar-refractivity contribution is 8.76. The lowest BCUT2D eigenvalue weighted by Crippen LogP contribution is -2.08.